The van der Waals surface area contributed by atoms with Crippen molar-refractivity contribution in [3.05, 3.63) is 77.4 Å². The van der Waals surface area contributed by atoms with E-state index in [1.165, 1.54) is 16.7 Å². The average molecular weight is 236 g/mol. The Morgan fingerprint density at radius 2 is 1.65 bits per heavy atom. The number of hydrogen-bond acceptors (Lipinski definition) is 1. The van der Waals surface area contributed by atoms with Crippen molar-refractivity contribution in [2.24, 2.45) is 0 Å². The van der Waals surface area contributed by atoms with E-state index in [2.05, 4.69) is 78.5 Å². The zero-order chi connectivity index (χ0) is 11.3. The SMILES string of the molecule is C1=CC2(c3ccccc3)SC2c2ccccc21. The van der Waals surface area contributed by atoms with Crippen LogP contribution in [0.2, 0.25) is 0 Å². The number of hydrogen-bond donors (Lipinski definition) is 0. The minimum Gasteiger partial charge on any atom is -0.134 e. The molecule has 0 amide bonds. The highest BCUT2D eigenvalue weighted by Gasteiger charge is 2.57. The first-order valence-corrected chi connectivity index (χ1v) is 6.80. The van der Waals surface area contributed by atoms with Crippen molar-refractivity contribution in [3.8, 4) is 0 Å². The summed E-state index contributed by atoms with van der Waals surface area (Å²) in [6.45, 7) is 0. The molecule has 2 unspecified atom stereocenters. The second-order valence-electron chi connectivity index (χ2n) is 4.62. The van der Waals surface area contributed by atoms with E-state index in [0.717, 1.165) is 0 Å². The predicted molar refractivity (Wildman–Crippen MR) is 73.9 cm³/mol. The van der Waals surface area contributed by atoms with Crippen molar-refractivity contribution >= 4 is 17.8 Å². The van der Waals surface area contributed by atoms with E-state index >= 15 is 0 Å². The van der Waals surface area contributed by atoms with Crippen LogP contribution in [0.3, 0.4) is 0 Å². The maximum Gasteiger partial charge on any atom is 0.0758 e. The summed E-state index contributed by atoms with van der Waals surface area (Å²) in [6, 6.07) is 19.6. The molecule has 1 heterocycles. The van der Waals surface area contributed by atoms with Crippen LogP contribution in [0.5, 0.6) is 0 Å². The van der Waals surface area contributed by atoms with Crippen LogP contribution < -0.4 is 0 Å². The molecule has 82 valence electrons. The third-order valence-corrected chi connectivity index (χ3v) is 5.26. The lowest BCUT2D eigenvalue weighted by Gasteiger charge is -2.17. The lowest BCUT2D eigenvalue weighted by molar-refractivity contribution is 0.849. The van der Waals surface area contributed by atoms with Crippen LogP contribution in [0.1, 0.15) is 21.9 Å². The first-order chi connectivity index (χ1) is 8.40. The Morgan fingerprint density at radius 3 is 2.53 bits per heavy atom. The van der Waals surface area contributed by atoms with Gasteiger partial charge in [-0.2, -0.15) is 0 Å². The largest absolute Gasteiger partial charge is 0.134 e. The Labute approximate surface area is 105 Å². The van der Waals surface area contributed by atoms with Gasteiger partial charge in [-0.1, -0.05) is 66.7 Å². The maximum atomic E-state index is 2.38. The summed E-state index contributed by atoms with van der Waals surface area (Å²) in [6.07, 6.45) is 4.65. The van der Waals surface area contributed by atoms with E-state index in [1.54, 1.807) is 0 Å². The molecule has 0 spiro atoms. The van der Waals surface area contributed by atoms with Crippen LogP contribution in [0, 0.1) is 0 Å². The maximum absolute atomic E-state index is 2.38. The summed E-state index contributed by atoms with van der Waals surface area (Å²) < 4.78 is 0.218. The van der Waals surface area contributed by atoms with E-state index in [1.807, 2.05) is 0 Å². The van der Waals surface area contributed by atoms with Crippen molar-refractivity contribution in [1.29, 1.82) is 0 Å². The minimum absolute atomic E-state index is 0.218. The Bertz CT molecular complexity index is 600. The van der Waals surface area contributed by atoms with Gasteiger partial charge in [0.25, 0.3) is 0 Å². The number of thioether (sulfide) groups is 1. The average Bonchev–Trinajstić information content (AvgIpc) is 3.16. The number of fused-ring (bicyclic) bond motifs is 3. The van der Waals surface area contributed by atoms with Gasteiger partial charge in [0.05, 0.1) is 10.00 Å². The molecule has 1 aliphatic carbocycles. The monoisotopic (exact) mass is 236 g/mol. The summed E-state index contributed by atoms with van der Waals surface area (Å²) in [5.41, 5.74) is 4.30. The summed E-state index contributed by atoms with van der Waals surface area (Å²) in [7, 11) is 0. The summed E-state index contributed by atoms with van der Waals surface area (Å²) in [4.78, 5) is 0. The molecule has 2 aliphatic rings. The quantitative estimate of drug-likeness (QED) is 0.661. The molecule has 1 fully saturated rings. The van der Waals surface area contributed by atoms with Crippen LogP contribution in [0.25, 0.3) is 6.08 Å². The van der Waals surface area contributed by atoms with Gasteiger partial charge in [-0.15, -0.1) is 11.8 Å². The van der Waals surface area contributed by atoms with Gasteiger partial charge in [-0.05, 0) is 16.7 Å². The highest BCUT2D eigenvalue weighted by molar-refractivity contribution is 8.07. The van der Waals surface area contributed by atoms with Crippen LogP contribution in [0.15, 0.2) is 60.7 Å². The Morgan fingerprint density at radius 1 is 0.882 bits per heavy atom. The van der Waals surface area contributed by atoms with Crippen molar-refractivity contribution < 1.29 is 0 Å². The highest BCUT2D eigenvalue weighted by Crippen LogP contribution is 2.73. The van der Waals surface area contributed by atoms with Gasteiger partial charge >= 0.3 is 0 Å². The Kier molecular flexibility index (Phi) is 1.84. The fourth-order valence-electron chi connectivity index (χ4n) is 2.71. The first-order valence-electron chi connectivity index (χ1n) is 5.92. The van der Waals surface area contributed by atoms with Gasteiger partial charge in [0.2, 0.25) is 0 Å². The molecule has 2 aromatic carbocycles. The van der Waals surface area contributed by atoms with E-state index in [-0.39, 0.29) is 4.75 Å². The smallest absolute Gasteiger partial charge is 0.0758 e. The molecule has 0 saturated carbocycles. The van der Waals surface area contributed by atoms with Crippen LogP contribution in [-0.4, -0.2) is 0 Å². The Hall–Kier alpha value is -1.47. The molecule has 0 bridgehead atoms. The van der Waals surface area contributed by atoms with E-state index in [4.69, 9.17) is 0 Å². The number of rotatable bonds is 1. The zero-order valence-electron chi connectivity index (χ0n) is 9.34. The number of benzene rings is 2. The molecule has 4 rings (SSSR count). The van der Waals surface area contributed by atoms with Crippen molar-refractivity contribution in [3.63, 3.8) is 0 Å². The molecular formula is C16H12S. The molecule has 2 atom stereocenters. The van der Waals surface area contributed by atoms with E-state index < -0.39 is 0 Å². The molecule has 0 radical (unpaired) electrons. The Balaban J connectivity index is 1.84. The summed E-state index contributed by atoms with van der Waals surface area (Å²) in [5.74, 6) is 0. The van der Waals surface area contributed by atoms with Crippen molar-refractivity contribution in [2.75, 3.05) is 0 Å². The molecule has 0 nitrogen and oxygen atoms in total. The van der Waals surface area contributed by atoms with Gasteiger partial charge in [0.1, 0.15) is 0 Å². The van der Waals surface area contributed by atoms with Gasteiger partial charge in [0, 0.05) is 0 Å². The standard InChI is InChI=1S/C16H12S/c1-2-7-13(8-3-1)16-11-10-12-6-4-5-9-14(12)15(16)17-16/h1-11,15H. The molecule has 1 heteroatoms. The second-order valence-corrected chi connectivity index (χ2v) is 6.00. The zero-order valence-corrected chi connectivity index (χ0v) is 10.2. The van der Waals surface area contributed by atoms with E-state index in [0.29, 0.717) is 5.25 Å². The van der Waals surface area contributed by atoms with Gasteiger partial charge in [-0.25, -0.2) is 0 Å². The summed E-state index contributed by atoms with van der Waals surface area (Å²) in [5, 5.41) is 0.617. The predicted octanol–water partition coefficient (Wildman–Crippen LogP) is 4.40. The topological polar surface area (TPSA) is 0 Å². The molecule has 1 saturated heterocycles. The van der Waals surface area contributed by atoms with Crippen LogP contribution >= 0.6 is 11.8 Å². The van der Waals surface area contributed by atoms with Gasteiger partial charge < -0.3 is 0 Å². The summed E-state index contributed by atoms with van der Waals surface area (Å²) >= 11 is 2.06. The minimum atomic E-state index is 0.218. The molecule has 0 aromatic heterocycles. The molecule has 0 N–H and O–H groups in total. The van der Waals surface area contributed by atoms with Crippen LogP contribution in [0.4, 0.5) is 0 Å². The fraction of sp³-hybridized carbons (Fsp3) is 0.125. The van der Waals surface area contributed by atoms with Crippen molar-refractivity contribution in [2.45, 2.75) is 10.00 Å². The van der Waals surface area contributed by atoms with Crippen LogP contribution in [-0.2, 0) is 4.75 Å². The highest BCUT2D eigenvalue weighted by atomic mass is 32.2. The normalized spacial score (nSPS) is 28.4. The molecule has 17 heavy (non-hydrogen) atoms. The third kappa shape index (κ3) is 1.26. The van der Waals surface area contributed by atoms with Crippen molar-refractivity contribution in [1.82, 2.24) is 0 Å². The second kappa shape index (κ2) is 3.27. The fourth-order valence-corrected chi connectivity index (χ4v) is 4.14. The third-order valence-electron chi connectivity index (χ3n) is 3.66. The lowest BCUT2D eigenvalue weighted by Crippen LogP contribution is -2.08. The van der Waals surface area contributed by atoms with Gasteiger partial charge in [0.15, 0.2) is 0 Å². The lowest BCUT2D eigenvalue weighted by atomic mass is 9.85. The van der Waals surface area contributed by atoms with Gasteiger partial charge in [-0.3, -0.25) is 0 Å². The van der Waals surface area contributed by atoms with E-state index in [9.17, 15) is 0 Å². The first kappa shape index (κ1) is 9.55. The molecular weight excluding hydrogens is 224 g/mol. The molecule has 1 aliphatic heterocycles. The molecule has 2 aromatic rings.